The van der Waals surface area contributed by atoms with Gasteiger partial charge in [0.05, 0.1) is 0 Å². The van der Waals surface area contributed by atoms with Crippen LogP contribution in [0.5, 0.6) is 0 Å². The molecule has 0 atom stereocenters. The topological polar surface area (TPSA) is 23.5 Å². The van der Waals surface area contributed by atoms with Crippen molar-refractivity contribution in [3.05, 3.63) is 0 Å². The minimum atomic E-state index is 0.193. The van der Waals surface area contributed by atoms with Crippen LogP contribution in [-0.4, -0.2) is 36.8 Å². The van der Waals surface area contributed by atoms with Gasteiger partial charge < -0.3 is 10.0 Å². The van der Waals surface area contributed by atoms with Gasteiger partial charge in [-0.05, 0) is 44.7 Å². The Hall–Kier alpha value is -0.0800. The Balaban J connectivity index is 2.40. The fourth-order valence-electron chi connectivity index (χ4n) is 2.87. The second-order valence-corrected chi connectivity index (χ2v) is 6.76. The quantitative estimate of drug-likeness (QED) is 0.772. The lowest BCUT2D eigenvalue weighted by atomic mass is 9.71. The highest BCUT2D eigenvalue weighted by molar-refractivity contribution is 4.86. The van der Waals surface area contributed by atoms with E-state index in [-0.39, 0.29) is 5.41 Å². The Morgan fingerprint density at radius 3 is 2.35 bits per heavy atom. The first kappa shape index (κ1) is 15.0. The van der Waals surface area contributed by atoms with Crippen molar-refractivity contribution in [2.24, 2.45) is 17.3 Å². The van der Waals surface area contributed by atoms with E-state index in [1.165, 1.54) is 32.1 Å². The van der Waals surface area contributed by atoms with Gasteiger partial charge >= 0.3 is 0 Å². The molecular formula is C15H31NO. The molecule has 0 aliphatic heterocycles. The Morgan fingerprint density at radius 1 is 1.29 bits per heavy atom. The molecule has 1 N–H and O–H groups in total. The Bertz CT molecular complexity index is 207. The number of nitrogens with zero attached hydrogens (tertiary/aromatic N) is 1. The molecule has 2 nitrogen and oxygen atoms in total. The Morgan fingerprint density at radius 2 is 1.88 bits per heavy atom. The molecule has 0 saturated heterocycles. The zero-order chi connectivity index (χ0) is 12.9. The highest BCUT2D eigenvalue weighted by atomic mass is 16.3. The first-order valence-corrected chi connectivity index (χ1v) is 7.27. The van der Waals surface area contributed by atoms with Gasteiger partial charge in [0, 0.05) is 18.6 Å². The molecule has 102 valence electrons. The Labute approximate surface area is 107 Å². The summed E-state index contributed by atoms with van der Waals surface area (Å²) in [5.41, 5.74) is 0.193. The van der Waals surface area contributed by atoms with E-state index in [0.29, 0.717) is 6.61 Å². The molecule has 0 aromatic heterocycles. The van der Waals surface area contributed by atoms with Gasteiger partial charge in [-0.2, -0.15) is 0 Å². The minimum absolute atomic E-state index is 0.193. The van der Waals surface area contributed by atoms with Crippen LogP contribution in [0.25, 0.3) is 0 Å². The summed E-state index contributed by atoms with van der Waals surface area (Å²) in [7, 11) is 2.21. The van der Waals surface area contributed by atoms with Crippen LogP contribution in [0.15, 0.2) is 0 Å². The predicted octanol–water partition coefficient (Wildman–Crippen LogP) is 3.15. The molecule has 0 aromatic rings. The van der Waals surface area contributed by atoms with Gasteiger partial charge in [0.1, 0.15) is 0 Å². The van der Waals surface area contributed by atoms with E-state index in [2.05, 4.69) is 32.7 Å². The van der Waals surface area contributed by atoms with Gasteiger partial charge in [0.25, 0.3) is 0 Å². The lowest BCUT2D eigenvalue weighted by molar-refractivity contribution is 0.0356. The smallest absolute Gasteiger partial charge is 0.0499 e. The van der Waals surface area contributed by atoms with Crippen molar-refractivity contribution >= 4 is 0 Å². The van der Waals surface area contributed by atoms with E-state index in [9.17, 15) is 5.11 Å². The van der Waals surface area contributed by atoms with Crippen molar-refractivity contribution in [1.82, 2.24) is 4.90 Å². The summed E-state index contributed by atoms with van der Waals surface area (Å²) in [5, 5.41) is 9.73. The van der Waals surface area contributed by atoms with Gasteiger partial charge in [0.15, 0.2) is 0 Å². The molecule has 17 heavy (non-hydrogen) atoms. The molecule has 1 saturated carbocycles. The van der Waals surface area contributed by atoms with Gasteiger partial charge in [-0.1, -0.05) is 33.6 Å². The summed E-state index contributed by atoms with van der Waals surface area (Å²) in [4.78, 5) is 2.42. The first-order chi connectivity index (χ1) is 7.97. The summed E-state index contributed by atoms with van der Waals surface area (Å²) in [6.45, 7) is 9.49. The van der Waals surface area contributed by atoms with Crippen molar-refractivity contribution in [1.29, 1.82) is 0 Å². The van der Waals surface area contributed by atoms with E-state index >= 15 is 0 Å². The standard InChI is InChI=1S/C15H31NO/c1-13(2)7-10-16(4)11-15(12-17)8-5-14(3)6-9-15/h13-14,17H,5-12H2,1-4H3. The molecule has 2 heteroatoms. The fraction of sp³-hybridized carbons (Fsp3) is 1.00. The molecule has 0 radical (unpaired) electrons. The molecule has 0 heterocycles. The van der Waals surface area contributed by atoms with Crippen molar-refractivity contribution in [2.45, 2.75) is 52.9 Å². The number of hydrogen-bond acceptors (Lipinski definition) is 2. The summed E-state index contributed by atoms with van der Waals surface area (Å²) in [6.07, 6.45) is 6.25. The predicted molar refractivity (Wildman–Crippen MR) is 74.1 cm³/mol. The van der Waals surface area contributed by atoms with Crippen LogP contribution >= 0.6 is 0 Å². The number of aliphatic hydroxyl groups is 1. The van der Waals surface area contributed by atoms with Crippen molar-refractivity contribution in [3.63, 3.8) is 0 Å². The molecule has 1 aliphatic carbocycles. The summed E-state index contributed by atoms with van der Waals surface area (Å²) < 4.78 is 0. The third kappa shape index (κ3) is 4.97. The minimum Gasteiger partial charge on any atom is -0.396 e. The third-order valence-corrected chi connectivity index (χ3v) is 4.36. The van der Waals surface area contributed by atoms with E-state index in [4.69, 9.17) is 0 Å². The maximum absolute atomic E-state index is 9.73. The molecule has 1 aliphatic rings. The first-order valence-electron chi connectivity index (χ1n) is 7.27. The lowest BCUT2D eigenvalue weighted by Gasteiger charge is -2.40. The fourth-order valence-corrected chi connectivity index (χ4v) is 2.87. The van der Waals surface area contributed by atoms with Gasteiger partial charge in [-0.15, -0.1) is 0 Å². The normalized spacial score (nSPS) is 30.2. The van der Waals surface area contributed by atoms with E-state index in [1.807, 2.05) is 0 Å². The molecule has 1 rings (SSSR count). The summed E-state index contributed by atoms with van der Waals surface area (Å²) >= 11 is 0. The van der Waals surface area contributed by atoms with Crippen molar-refractivity contribution in [3.8, 4) is 0 Å². The number of aliphatic hydroxyl groups excluding tert-OH is 1. The van der Waals surface area contributed by atoms with Gasteiger partial charge in [-0.25, -0.2) is 0 Å². The van der Waals surface area contributed by atoms with Crippen LogP contribution in [0, 0.1) is 17.3 Å². The zero-order valence-electron chi connectivity index (χ0n) is 12.2. The molecule has 0 spiro atoms. The maximum atomic E-state index is 9.73. The number of hydrogen-bond donors (Lipinski definition) is 1. The summed E-state index contributed by atoms with van der Waals surface area (Å²) in [5.74, 6) is 1.63. The van der Waals surface area contributed by atoms with Gasteiger partial charge in [0.2, 0.25) is 0 Å². The second kappa shape index (κ2) is 6.75. The molecule has 0 aromatic carbocycles. The van der Waals surface area contributed by atoms with Crippen LogP contribution in [0.1, 0.15) is 52.9 Å². The van der Waals surface area contributed by atoms with Crippen molar-refractivity contribution in [2.75, 3.05) is 26.7 Å². The largest absolute Gasteiger partial charge is 0.396 e. The molecule has 0 unspecified atom stereocenters. The van der Waals surface area contributed by atoms with Crippen LogP contribution in [0.4, 0.5) is 0 Å². The zero-order valence-corrected chi connectivity index (χ0v) is 12.2. The van der Waals surface area contributed by atoms with E-state index in [0.717, 1.165) is 24.9 Å². The third-order valence-electron chi connectivity index (χ3n) is 4.36. The highest BCUT2D eigenvalue weighted by Gasteiger charge is 2.34. The van der Waals surface area contributed by atoms with Crippen LogP contribution in [0.3, 0.4) is 0 Å². The SMILES string of the molecule is CC(C)CCN(C)CC1(CO)CCC(C)CC1. The van der Waals surface area contributed by atoms with Crippen LogP contribution in [-0.2, 0) is 0 Å². The average Bonchev–Trinajstić information content (AvgIpc) is 2.30. The maximum Gasteiger partial charge on any atom is 0.0499 e. The van der Waals surface area contributed by atoms with E-state index < -0.39 is 0 Å². The van der Waals surface area contributed by atoms with Gasteiger partial charge in [-0.3, -0.25) is 0 Å². The second-order valence-electron chi connectivity index (χ2n) is 6.76. The van der Waals surface area contributed by atoms with E-state index in [1.54, 1.807) is 0 Å². The molecular weight excluding hydrogens is 210 g/mol. The summed E-state index contributed by atoms with van der Waals surface area (Å²) in [6, 6.07) is 0. The molecule has 0 amide bonds. The Kier molecular flexibility index (Phi) is 5.94. The highest BCUT2D eigenvalue weighted by Crippen LogP contribution is 2.39. The molecule has 0 bridgehead atoms. The van der Waals surface area contributed by atoms with Crippen molar-refractivity contribution < 1.29 is 5.11 Å². The number of rotatable bonds is 6. The monoisotopic (exact) mass is 241 g/mol. The average molecular weight is 241 g/mol. The lowest BCUT2D eigenvalue weighted by Crippen LogP contribution is -2.41. The van der Waals surface area contributed by atoms with Crippen LogP contribution < -0.4 is 0 Å². The molecule has 1 fully saturated rings. The van der Waals surface area contributed by atoms with Crippen LogP contribution in [0.2, 0.25) is 0 Å².